The first-order valence-corrected chi connectivity index (χ1v) is 12.4. The van der Waals surface area contributed by atoms with E-state index in [1.807, 2.05) is 6.07 Å². The molecular formula is C24H28F2N6O3S. The van der Waals surface area contributed by atoms with Crippen LogP contribution in [0, 0.1) is 11.3 Å². The molecule has 1 fully saturated rings. The van der Waals surface area contributed by atoms with Crippen LogP contribution < -0.4 is 30.7 Å². The van der Waals surface area contributed by atoms with Gasteiger partial charge in [-0.1, -0.05) is 6.07 Å². The third kappa shape index (κ3) is 6.77. The number of carbonyl (C=O) groups is 2. The number of aromatic nitrogens is 1. The summed E-state index contributed by atoms with van der Waals surface area (Å²) in [6.07, 6.45) is 1.66. The smallest absolute Gasteiger partial charge is 0.270 e. The molecule has 192 valence electrons. The highest BCUT2D eigenvalue weighted by Crippen LogP contribution is 2.26. The number of hydrogen-bond donors (Lipinski definition) is 3. The van der Waals surface area contributed by atoms with Crippen LogP contribution in [0.5, 0.6) is 0 Å². The van der Waals surface area contributed by atoms with Gasteiger partial charge in [-0.05, 0) is 45.0 Å². The van der Waals surface area contributed by atoms with Gasteiger partial charge in [0.1, 0.15) is 15.3 Å². The van der Waals surface area contributed by atoms with E-state index >= 15 is 0 Å². The second-order valence-corrected chi connectivity index (χ2v) is 9.29. The molecule has 0 unspecified atom stereocenters. The maximum Gasteiger partial charge on any atom is 0.270 e. The fraction of sp³-hybridized carbons (Fsp3) is 0.417. The van der Waals surface area contributed by atoms with Crippen LogP contribution in [-0.2, 0) is 16.1 Å². The van der Waals surface area contributed by atoms with Gasteiger partial charge in [-0.15, -0.1) is 11.3 Å². The zero-order chi connectivity index (χ0) is 26.3. The molecule has 12 heteroatoms. The molecule has 2 heterocycles. The van der Waals surface area contributed by atoms with Crippen molar-refractivity contribution in [2.75, 3.05) is 36.8 Å². The van der Waals surface area contributed by atoms with Crippen molar-refractivity contribution < 1.29 is 18.4 Å². The number of anilines is 2. The predicted octanol–water partition coefficient (Wildman–Crippen LogP) is 1.26. The van der Waals surface area contributed by atoms with Crippen molar-refractivity contribution in [3.05, 3.63) is 43.8 Å². The molecule has 1 aliphatic rings. The van der Waals surface area contributed by atoms with Crippen LogP contribution >= 0.6 is 11.3 Å². The lowest BCUT2D eigenvalue weighted by Crippen LogP contribution is -2.45. The van der Waals surface area contributed by atoms with Crippen molar-refractivity contribution >= 4 is 46.3 Å². The number of nitriles is 1. The average Bonchev–Trinajstić information content (AvgIpc) is 3.12. The van der Waals surface area contributed by atoms with Crippen LogP contribution in [0.4, 0.5) is 20.2 Å². The first-order valence-electron chi connectivity index (χ1n) is 11.6. The Hall–Kier alpha value is -3.56. The summed E-state index contributed by atoms with van der Waals surface area (Å²) in [5.74, 6) is -3.71. The van der Waals surface area contributed by atoms with Crippen LogP contribution in [-0.4, -0.2) is 53.4 Å². The normalized spacial score (nSPS) is 16.7. The lowest BCUT2D eigenvalue weighted by molar-refractivity contribution is -0.120. The maximum atomic E-state index is 13.6. The fourth-order valence-electron chi connectivity index (χ4n) is 3.86. The number of hydrogen-bond acceptors (Lipinski definition) is 7. The van der Waals surface area contributed by atoms with Crippen LogP contribution in [0.3, 0.4) is 0 Å². The molecule has 0 spiro atoms. The molecule has 0 atom stereocenters. The number of halogens is 2. The molecule has 2 aromatic rings. The topological polar surface area (TPSA) is 119 Å². The zero-order valence-corrected chi connectivity index (χ0v) is 20.9. The first kappa shape index (κ1) is 27.0. The summed E-state index contributed by atoms with van der Waals surface area (Å²) in [5.41, 5.74) is 0.570. The summed E-state index contributed by atoms with van der Waals surface area (Å²) in [6.45, 7) is 4.01. The third-order valence-electron chi connectivity index (χ3n) is 5.47. The lowest BCUT2D eigenvalue weighted by Gasteiger charge is -2.31. The second-order valence-electron chi connectivity index (χ2n) is 8.25. The largest absolute Gasteiger partial charge is 0.360 e. The monoisotopic (exact) mass is 518 g/mol. The van der Waals surface area contributed by atoms with Gasteiger partial charge >= 0.3 is 0 Å². The number of likely N-dealkylation sites (tertiary alicyclic amines) is 1. The Kier molecular flexibility index (Phi) is 8.95. The number of thiazole rings is 1. The molecule has 9 nitrogen and oxygen atoms in total. The zero-order valence-electron chi connectivity index (χ0n) is 20.1. The Bertz CT molecular complexity index is 1340. The number of nitrogens with zero attached hydrogens (tertiary/aromatic N) is 3. The highest BCUT2D eigenvalue weighted by atomic mass is 32.1. The van der Waals surface area contributed by atoms with E-state index in [9.17, 15) is 28.4 Å². The van der Waals surface area contributed by atoms with Gasteiger partial charge in [0.2, 0.25) is 5.91 Å². The molecule has 1 aromatic heterocycles. The predicted molar refractivity (Wildman–Crippen MR) is 135 cm³/mol. The average molecular weight is 519 g/mol. The van der Waals surface area contributed by atoms with Crippen molar-refractivity contribution in [3.63, 3.8) is 0 Å². The standard InChI is InChI=1S/C24H28F2N6O3S/c1-3-28-21(34)18(12-27)23-32(4-2)22(35)19(36-23)13-29-16-7-5-8-17(11-16)30-20(33)14-31-10-6-9-24(25,26)15-31/h5,7-8,11,13,29H,3-4,6,9-10,14-15H2,1-2H3,(H,28,34)(H,30,33)/b19-13+,23-18-. The van der Waals surface area contributed by atoms with Gasteiger partial charge in [-0.3, -0.25) is 23.9 Å². The van der Waals surface area contributed by atoms with E-state index < -0.39 is 24.3 Å². The number of alkyl halides is 2. The minimum Gasteiger partial charge on any atom is -0.360 e. The summed E-state index contributed by atoms with van der Waals surface area (Å²) in [7, 11) is 0. The molecule has 1 saturated heterocycles. The van der Waals surface area contributed by atoms with E-state index in [2.05, 4.69) is 16.0 Å². The Morgan fingerprint density at radius 3 is 2.69 bits per heavy atom. The number of carbonyl (C=O) groups excluding carboxylic acids is 2. The van der Waals surface area contributed by atoms with Crippen molar-refractivity contribution in [1.29, 1.82) is 5.26 Å². The molecule has 1 aliphatic heterocycles. The number of rotatable bonds is 8. The Labute approximate surface area is 210 Å². The minimum atomic E-state index is -2.78. The SMILES string of the molecule is CCNC(=O)/C(C#N)=c1\s/c(=C/Nc2cccc(NC(=O)CN3CCCC(F)(F)C3)c2)c(=O)n1CC. The van der Waals surface area contributed by atoms with E-state index in [1.165, 1.54) is 15.7 Å². The number of amides is 2. The quantitative estimate of drug-likeness (QED) is 0.484. The summed E-state index contributed by atoms with van der Waals surface area (Å²) >= 11 is 1.03. The van der Waals surface area contributed by atoms with Gasteiger partial charge in [0.25, 0.3) is 17.4 Å². The van der Waals surface area contributed by atoms with E-state index in [1.54, 1.807) is 38.1 Å². The van der Waals surface area contributed by atoms with Gasteiger partial charge in [0, 0.05) is 37.1 Å². The second kappa shape index (κ2) is 11.9. The van der Waals surface area contributed by atoms with E-state index in [0.29, 0.717) is 35.4 Å². The van der Waals surface area contributed by atoms with Crippen molar-refractivity contribution in [2.45, 2.75) is 39.2 Å². The molecule has 0 radical (unpaired) electrons. The Morgan fingerprint density at radius 2 is 2.03 bits per heavy atom. The summed E-state index contributed by atoms with van der Waals surface area (Å²) in [4.78, 5) is 38.9. The van der Waals surface area contributed by atoms with Gasteiger partial charge in [-0.2, -0.15) is 5.26 Å². The number of benzene rings is 1. The summed E-state index contributed by atoms with van der Waals surface area (Å²) in [5, 5.41) is 17.8. The summed E-state index contributed by atoms with van der Waals surface area (Å²) in [6, 6.07) is 8.63. The fourth-order valence-corrected chi connectivity index (χ4v) is 4.94. The molecular weight excluding hydrogens is 490 g/mol. The van der Waals surface area contributed by atoms with Gasteiger partial charge in [0.15, 0.2) is 5.57 Å². The summed E-state index contributed by atoms with van der Waals surface area (Å²) < 4.78 is 29.1. The Morgan fingerprint density at radius 1 is 1.28 bits per heavy atom. The van der Waals surface area contributed by atoms with Gasteiger partial charge in [0.05, 0.1) is 13.1 Å². The van der Waals surface area contributed by atoms with Crippen LogP contribution in [0.25, 0.3) is 11.8 Å². The minimum absolute atomic E-state index is 0.128. The number of nitrogens with one attached hydrogen (secondary N) is 3. The molecule has 1 aromatic carbocycles. The van der Waals surface area contributed by atoms with E-state index in [4.69, 9.17) is 0 Å². The van der Waals surface area contributed by atoms with Crippen molar-refractivity contribution in [3.8, 4) is 6.07 Å². The van der Waals surface area contributed by atoms with Crippen molar-refractivity contribution in [1.82, 2.24) is 14.8 Å². The highest BCUT2D eigenvalue weighted by Gasteiger charge is 2.35. The van der Waals surface area contributed by atoms with Crippen LogP contribution in [0.15, 0.2) is 29.1 Å². The van der Waals surface area contributed by atoms with Gasteiger partial charge < -0.3 is 16.0 Å². The molecule has 3 rings (SSSR count). The van der Waals surface area contributed by atoms with Crippen molar-refractivity contribution in [2.24, 2.45) is 0 Å². The molecule has 0 aliphatic carbocycles. The first-order chi connectivity index (χ1) is 17.2. The maximum absolute atomic E-state index is 13.6. The Balaban J connectivity index is 1.77. The molecule has 36 heavy (non-hydrogen) atoms. The van der Waals surface area contributed by atoms with Gasteiger partial charge in [-0.25, -0.2) is 8.78 Å². The van der Waals surface area contributed by atoms with E-state index in [-0.39, 0.29) is 35.3 Å². The molecule has 3 N–H and O–H groups in total. The highest BCUT2D eigenvalue weighted by molar-refractivity contribution is 7.07. The lowest BCUT2D eigenvalue weighted by atomic mass is 10.1. The van der Waals surface area contributed by atoms with E-state index in [0.717, 1.165) is 11.3 Å². The molecule has 0 bridgehead atoms. The van der Waals surface area contributed by atoms with Crippen LogP contribution in [0.2, 0.25) is 0 Å². The molecule has 0 saturated carbocycles. The number of piperidine rings is 1. The van der Waals surface area contributed by atoms with Crippen LogP contribution in [0.1, 0.15) is 26.7 Å². The third-order valence-corrected chi connectivity index (χ3v) is 6.60. The molecule has 2 amide bonds.